The molecule has 0 amide bonds. The van der Waals surface area contributed by atoms with Gasteiger partial charge in [-0.3, -0.25) is 4.79 Å². The quantitative estimate of drug-likeness (QED) is 0.758. The molecule has 1 aliphatic carbocycles. The van der Waals surface area contributed by atoms with Gasteiger partial charge in [0, 0.05) is 12.5 Å². The zero-order valence-electron chi connectivity index (χ0n) is 9.68. The van der Waals surface area contributed by atoms with Gasteiger partial charge in [0.1, 0.15) is 11.7 Å². The lowest BCUT2D eigenvalue weighted by molar-refractivity contribution is 0.0515. The van der Waals surface area contributed by atoms with Crippen molar-refractivity contribution in [3.05, 3.63) is 36.1 Å². The van der Waals surface area contributed by atoms with Crippen molar-refractivity contribution in [2.24, 2.45) is 5.92 Å². The molecule has 3 heteroatoms. The fraction of sp³-hybridized carbons (Fsp3) is 0.357. The average molecular weight is 230 g/mol. The number of fused-ring (bicyclic) bond motifs is 1. The van der Waals surface area contributed by atoms with Gasteiger partial charge in [0.15, 0.2) is 5.76 Å². The first kappa shape index (κ1) is 10.5. The second-order valence-electron chi connectivity index (χ2n) is 4.51. The molecule has 1 heterocycles. The van der Waals surface area contributed by atoms with Crippen LogP contribution in [-0.2, 0) is 4.74 Å². The number of methoxy groups -OCH3 is 1. The third kappa shape index (κ3) is 1.87. The summed E-state index contributed by atoms with van der Waals surface area (Å²) in [6.07, 6.45) is 1.81. The van der Waals surface area contributed by atoms with Gasteiger partial charge in [-0.15, -0.1) is 0 Å². The highest BCUT2D eigenvalue weighted by Crippen LogP contribution is 2.36. The Balaban J connectivity index is 1.94. The van der Waals surface area contributed by atoms with E-state index in [1.54, 1.807) is 13.2 Å². The molecule has 1 aromatic heterocycles. The Hall–Kier alpha value is -1.61. The lowest BCUT2D eigenvalue weighted by Crippen LogP contribution is -2.24. The standard InChI is InChI=1S/C14H14O3/c1-16-14(9-6-7-9)13(15)12-8-10-4-2-3-5-11(10)17-12/h2-5,8-9,14H,6-7H2,1H3. The first-order valence-electron chi connectivity index (χ1n) is 5.85. The van der Waals surface area contributed by atoms with E-state index in [0.717, 1.165) is 23.8 Å². The number of rotatable bonds is 4. The van der Waals surface area contributed by atoms with Crippen molar-refractivity contribution in [3.8, 4) is 0 Å². The molecule has 0 bridgehead atoms. The number of ether oxygens (including phenoxy) is 1. The molecule has 0 aliphatic heterocycles. The van der Waals surface area contributed by atoms with Gasteiger partial charge in [-0.25, -0.2) is 0 Å². The first-order chi connectivity index (χ1) is 8.29. The van der Waals surface area contributed by atoms with Crippen molar-refractivity contribution in [2.45, 2.75) is 18.9 Å². The van der Waals surface area contributed by atoms with Gasteiger partial charge < -0.3 is 9.15 Å². The largest absolute Gasteiger partial charge is 0.453 e. The van der Waals surface area contributed by atoms with Crippen LogP contribution in [0.3, 0.4) is 0 Å². The van der Waals surface area contributed by atoms with Gasteiger partial charge in [-0.2, -0.15) is 0 Å². The van der Waals surface area contributed by atoms with Crippen LogP contribution in [0.4, 0.5) is 0 Å². The van der Waals surface area contributed by atoms with Crippen molar-refractivity contribution in [2.75, 3.05) is 7.11 Å². The third-order valence-electron chi connectivity index (χ3n) is 3.23. The van der Waals surface area contributed by atoms with Gasteiger partial charge >= 0.3 is 0 Å². The number of furan rings is 1. The molecule has 2 aromatic rings. The summed E-state index contributed by atoms with van der Waals surface area (Å²) in [6, 6.07) is 9.43. The van der Waals surface area contributed by atoms with Gasteiger partial charge in [0.25, 0.3) is 0 Å². The van der Waals surface area contributed by atoms with E-state index in [1.165, 1.54) is 0 Å². The van der Waals surface area contributed by atoms with E-state index >= 15 is 0 Å². The van der Waals surface area contributed by atoms with E-state index in [0.29, 0.717) is 11.7 Å². The molecule has 1 atom stereocenters. The van der Waals surface area contributed by atoms with Crippen LogP contribution in [0, 0.1) is 5.92 Å². The molecule has 17 heavy (non-hydrogen) atoms. The number of carbonyl (C=O) groups is 1. The summed E-state index contributed by atoms with van der Waals surface area (Å²) in [5.41, 5.74) is 0.751. The molecule has 0 spiro atoms. The van der Waals surface area contributed by atoms with Crippen molar-refractivity contribution in [3.63, 3.8) is 0 Å². The highest BCUT2D eigenvalue weighted by Gasteiger charge is 2.37. The van der Waals surface area contributed by atoms with E-state index in [1.807, 2.05) is 24.3 Å². The molecule has 0 saturated heterocycles. The van der Waals surface area contributed by atoms with E-state index in [-0.39, 0.29) is 11.9 Å². The molecule has 0 radical (unpaired) electrons. The normalized spacial score (nSPS) is 17.2. The molecular formula is C14H14O3. The van der Waals surface area contributed by atoms with Crippen LogP contribution in [0.5, 0.6) is 0 Å². The van der Waals surface area contributed by atoms with Crippen LogP contribution in [0.15, 0.2) is 34.7 Å². The maximum absolute atomic E-state index is 12.2. The number of carbonyl (C=O) groups excluding carboxylic acids is 1. The Morgan fingerprint density at radius 1 is 1.41 bits per heavy atom. The minimum Gasteiger partial charge on any atom is -0.453 e. The fourth-order valence-electron chi connectivity index (χ4n) is 2.16. The smallest absolute Gasteiger partial charge is 0.226 e. The van der Waals surface area contributed by atoms with E-state index in [4.69, 9.17) is 9.15 Å². The molecule has 1 fully saturated rings. The van der Waals surface area contributed by atoms with Crippen LogP contribution in [0.25, 0.3) is 11.0 Å². The topological polar surface area (TPSA) is 39.4 Å². The lowest BCUT2D eigenvalue weighted by Gasteiger charge is -2.10. The highest BCUT2D eigenvalue weighted by molar-refractivity contribution is 6.00. The summed E-state index contributed by atoms with van der Waals surface area (Å²) >= 11 is 0. The summed E-state index contributed by atoms with van der Waals surface area (Å²) in [4.78, 5) is 12.2. The number of para-hydroxylation sites is 1. The SMILES string of the molecule is COC(C(=O)c1cc2ccccc2o1)C1CC1. The number of Topliss-reactive ketones (excluding diaryl/α,β-unsaturated/α-hetero) is 1. The molecule has 3 nitrogen and oxygen atoms in total. The zero-order valence-corrected chi connectivity index (χ0v) is 9.68. The molecule has 3 rings (SSSR count). The Morgan fingerprint density at radius 2 is 2.18 bits per heavy atom. The minimum atomic E-state index is -0.337. The predicted molar refractivity (Wildman–Crippen MR) is 64.1 cm³/mol. The lowest BCUT2D eigenvalue weighted by atomic mass is 10.1. The molecule has 1 aromatic carbocycles. The van der Waals surface area contributed by atoms with Crippen LogP contribution in [0.1, 0.15) is 23.4 Å². The summed E-state index contributed by atoms with van der Waals surface area (Å²) in [7, 11) is 1.59. The van der Waals surface area contributed by atoms with Gasteiger partial charge in [-0.1, -0.05) is 18.2 Å². The van der Waals surface area contributed by atoms with Crippen LogP contribution >= 0.6 is 0 Å². The molecule has 1 aliphatic rings. The van der Waals surface area contributed by atoms with Gasteiger partial charge in [-0.05, 0) is 30.9 Å². The van der Waals surface area contributed by atoms with Gasteiger partial charge in [0.2, 0.25) is 5.78 Å². The monoisotopic (exact) mass is 230 g/mol. The van der Waals surface area contributed by atoms with E-state index < -0.39 is 0 Å². The predicted octanol–water partition coefficient (Wildman–Crippen LogP) is 3.04. The summed E-state index contributed by atoms with van der Waals surface area (Å²) < 4.78 is 10.8. The van der Waals surface area contributed by atoms with Crippen molar-refractivity contribution >= 4 is 16.8 Å². The number of benzene rings is 1. The van der Waals surface area contributed by atoms with Gasteiger partial charge in [0.05, 0.1) is 0 Å². The van der Waals surface area contributed by atoms with Crippen LogP contribution < -0.4 is 0 Å². The highest BCUT2D eigenvalue weighted by atomic mass is 16.5. The van der Waals surface area contributed by atoms with Crippen molar-refractivity contribution in [1.82, 2.24) is 0 Å². The molecular weight excluding hydrogens is 216 g/mol. The second kappa shape index (κ2) is 4.00. The second-order valence-corrected chi connectivity index (χ2v) is 4.51. The summed E-state index contributed by atoms with van der Waals surface area (Å²) in [5.74, 6) is 0.747. The Bertz CT molecular complexity index is 518. The maximum atomic E-state index is 12.2. The van der Waals surface area contributed by atoms with Crippen LogP contribution in [-0.4, -0.2) is 19.0 Å². The molecule has 0 N–H and O–H groups in total. The number of hydrogen-bond donors (Lipinski definition) is 0. The van der Waals surface area contributed by atoms with Crippen molar-refractivity contribution < 1.29 is 13.9 Å². The molecule has 1 saturated carbocycles. The third-order valence-corrected chi connectivity index (χ3v) is 3.23. The van der Waals surface area contributed by atoms with E-state index in [2.05, 4.69) is 0 Å². The minimum absolute atomic E-state index is 0.0359. The Kier molecular flexibility index (Phi) is 2.48. The zero-order chi connectivity index (χ0) is 11.8. The summed E-state index contributed by atoms with van der Waals surface area (Å²) in [5, 5.41) is 0.960. The fourth-order valence-corrected chi connectivity index (χ4v) is 2.16. The number of hydrogen-bond acceptors (Lipinski definition) is 3. The summed E-state index contributed by atoms with van der Waals surface area (Å²) in [6.45, 7) is 0. The number of ketones is 1. The van der Waals surface area contributed by atoms with Crippen molar-refractivity contribution in [1.29, 1.82) is 0 Å². The molecule has 88 valence electrons. The van der Waals surface area contributed by atoms with E-state index in [9.17, 15) is 4.79 Å². The average Bonchev–Trinajstić information content (AvgIpc) is 3.08. The molecule has 1 unspecified atom stereocenters. The Labute approximate surface area is 99.4 Å². The van der Waals surface area contributed by atoms with Crippen LogP contribution in [0.2, 0.25) is 0 Å². The first-order valence-corrected chi connectivity index (χ1v) is 5.85. The Morgan fingerprint density at radius 3 is 2.82 bits per heavy atom. The maximum Gasteiger partial charge on any atom is 0.226 e.